The van der Waals surface area contributed by atoms with Gasteiger partial charge in [0.1, 0.15) is 5.52 Å². The van der Waals surface area contributed by atoms with Crippen molar-refractivity contribution in [3.05, 3.63) is 30.1 Å². The minimum Gasteiger partial charge on any atom is -0.465 e. The van der Waals surface area contributed by atoms with Gasteiger partial charge in [-0.25, -0.2) is 4.79 Å². The Hall–Kier alpha value is -3.16. The summed E-state index contributed by atoms with van der Waals surface area (Å²) < 4.78 is 0. The molecule has 0 unspecified atom stereocenters. The fourth-order valence-corrected chi connectivity index (χ4v) is 2.16. The highest BCUT2D eigenvalue weighted by Gasteiger charge is 2.10. The Labute approximate surface area is 119 Å². The topological polar surface area (TPSA) is 130 Å². The van der Waals surface area contributed by atoms with E-state index >= 15 is 0 Å². The number of nitrogens with one attached hydrogen (secondary N) is 2. The first-order chi connectivity index (χ1) is 10.0. The van der Waals surface area contributed by atoms with E-state index in [9.17, 15) is 4.79 Å². The van der Waals surface area contributed by atoms with E-state index in [0.717, 1.165) is 16.8 Å². The van der Waals surface area contributed by atoms with E-state index in [-0.39, 0.29) is 5.82 Å². The van der Waals surface area contributed by atoms with Gasteiger partial charge < -0.3 is 10.8 Å². The van der Waals surface area contributed by atoms with Gasteiger partial charge in [-0.3, -0.25) is 10.4 Å². The normalized spacial score (nSPS) is 10.7. The molecule has 0 saturated heterocycles. The maximum absolute atomic E-state index is 10.7. The van der Waals surface area contributed by atoms with E-state index in [1.54, 1.807) is 18.3 Å². The third-order valence-corrected chi connectivity index (χ3v) is 3.10. The van der Waals surface area contributed by atoms with Crippen molar-refractivity contribution in [3.8, 4) is 11.1 Å². The van der Waals surface area contributed by atoms with Crippen LogP contribution >= 0.6 is 0 Å². The lowest BCUT2D eigenvalue weighted by atomic mass is 10.0. The predicted octanol–water partition coefficient (Wildman–Crippen LogP) is 2.00. The first-order valence-corrected chi connectivity index (χ1v) is 6.12. The number of amides is 1. The molecule has 0 spiro atoms. The number of aromatic nitrogens is 4. The Morgan fingerprint density at radius 2 is 2.14 bits per heavy atom. The minimum absolute atomic E-state index is 0.149. The van der Waals surface area contributed by atoms with E-state index < -0.39 is 6.09 Å². The van der Waals surface area contributed by atoms with Crippen molar-refractivity contribution in [3.63, 3.8) is 0 Å². The zero-order valence-electron chi connectivity index (χ0n) is 11.1. The van der Waals surface area contributed by atoms with Gasteiger partial charge in [0.15, 0.2) is 5.82 Å². The molecule has 0 radical (unpaired) electrons. The molecule has 0 bridgehead atoms. The zero-order chi connectivity index (χ0) is 15.0. The van der Waals surface area contributed by atoms with Crippen molar-refractivity contribution >= 4 is 28.5 Å². The molecule has 5 N–H and O–H groups in total. The molecule has 8 heteroatoms. The molecular weight excluding hydrogens is 272 g/mol. The summed E-state index contributed by atoms with van der Waals surface area (Å²) in [5, 5.41) is 26.2. The number of benzene rings is 1. The van der Waals surface area contributed by atoms with Crippen LogP contribution in [-0.4, -0.2) is 31.6 Å². The highest BCUT2D eigenvalue weighted by atomic mass is 16.4. The van der Waals surface area contributed by atoms with E-state index in [0.29, 0.717) is 16.6 Å². The van der Waals surface area contributed by atoms with Crippen LogP contribution < -0.4 is 11.1 Å². The first kappa shape index (κ1) is 12.9. The summed E-state index contributed by atoms with van der Waals surface area (Å²) in [6.07, 6.45) is 0.583. The molecule has 2 aromatic heterocycles. The summed E-state index contributed by atoms with van der Waals surface area (Å²) in [6, 6.07) is 5.25. The average molecular weight is 284 g/mol. The van der Waals surface area contributed by atoms with E-state index in [1.807, 2.05) is 13.0 Å². The van der Waals surface area contributed by atoms with Crippen molar-refractivity contribution in [2.45, 2.75) is 6.92 Å². The van der Waals surface area contributed by atoms with Gasteiger partial charge in [0.2, 0.25) is 0 Å². The molecule has 8 nitrogen and oxygen atoms in total. The maximum atomic E-state index is 10.7. The molecule has 2 heterocycles. The fraction of sp³-hybridized carbons (Fsp3) is 0.0769. The molecule has 3 rings (SSSR count). The number of nitrogens with two attached hydrogens (primary N) is 1. The SMILES string of the molecule is Cc1n[nH]cc1-c1cc(N)c2nnc(NC(=O)O)cc2c1. The van der Waals surface area contributed by atoms with Crippen LogP contribution in [0.2, 0.25) is 0 Å². The minimum atomic E-state index is -1.20. The molecule has 3 aromatic rings. The summed E-state index contributed by atoms with van der Waals surface area (Å²) in [5.74, 6) is 0.149. The van der Waals surface area contributed by atoms with Crippen LogP contribution in [0.5, 0.6) is 0 Å². The van der Waals surface area contributed by atoms with Crippen LogP contribution in [0.3, 0.4) is 0 Å². The Morgan fingerprint density at radius 3 is 2.81 bits per heavy atom. The Morgan fingerprint density at radius 1 is 1.33 bits per heavy atom. The Balaban J connectivity index is 2.16. The lowest BCUT2D eigenvalue weighted by Crippen LogP contribution is -2.09. The molecular formula is C13H12N6O2. The molecule has 0 aliphatic heterocycles. The second kappa shape index (κ2) is 4.75. The number of carbonyl (C=O) groups is 1. The molecule has 0 aliphatic carbocycles. The zero-order valence-corrected chi connectivity index (χ0v) is 11.1. The van der Waals surface area contributed by atoms with Crippen molar-refractivity contribution in [2.75, 3.05) is 11.1 Å². The average Bonchev–Trinajstić information content (AvgIpc) is 2.83. The molecule has 21 heavy (non-hydrogen) atoms. The van der Waals surface area contributed by atoms with Crippen LogP contribution in [0.15, 0.2) is 24.4 Å². The largest absolute Gasteiger partial charge is 0.465 e. The van der Waals surface area contributed by atoms with Gasteiger partial charge in [-0.2, -0.15) is 5.10 Å². The fourth-order valence-electron chi connectivity index (χ4n) is 2.16. The van der Waals surface area contributed by atoms with Gasteiger partial charge in [-0.1, -0.05) is 0 Å². The molecule has 0 atom stereocenters. The van der Waals surface area contributed by atoms with Crippen molar-refractivity contribution in [1.29, 1.82) is 0 Å². The number of carboxylic acid groups (broad SMARTS) is 1. The van der Waals surface area contributed by atoms with Gasteiger partial charge in [-0.15, -0.1) is 10.2 Å². The standard InChI is InChI=1S/C13H12N6O2/c1-6-9(5-15-17-6)7-2-8-4-11(16-13(20)21)18-19-12(8)10(14)3-7/h2-5H,14H2,1H3,(H,15,17)(H,16,18)(H,20,21). The summed E-state index contributed by atoms with van der Waals surface area (Å²) in [7, 11) is 0. The van der Waals surface area contributed by atoms with E-state index in [1.165, 1.54) is 0 Å². The number of nitrogen functional groups attached to an aromatic ring is 1. The van der Waals surface area contributed by atoms with Crippen molar-refractivity contribution in [1.82, 2.24) is 20.4 Å². The summed E-state index contributed by atoms with van der Waals surface area (Å²) in [4.78, 5) is 10.7. The summed E-state index contributed by atoms with van der Waals surface area (Å²) >= 11 is 0. The van der Waals surface area contributed by atoms with Gasteiger partial charge in [0.05, 0.1) is 11.4 Å². The van der Waals surface area contributed by atoms with E-state index in [4.69, 9.17) is 10.8 Å². The van der Waals surface area contributed by atoms with Crippen LogP contribution in [0, 0.1) is 6.92 Å². The Bertz CT molecular complexity index is 842. The summed E-state index contributed by atoms with van der Waals surface area (Å²) in [6.45, 7) is 1.88. The van der Waals surface area contributed by atoms with Crippen molar-refractivity contribution in [2.24, 2.45) is 0 Å². The maximum Gasteiger partial charge on any atom is 0.410 e. The van der Waals surface area contributed by atoms with Gasteiger partial charge in [-0.05, 0) is 30.7 Å². The quantitative estimate of drug-likeness (QED) is 0.532. The monoisotopic (exact) mass is 284 g/mol. The molecule has 0 fully saturated rings. The number of aryl methyl sites for hydroxylation is 1. The molecule has 1 amide bonds. The van der Waals surface area contributed by atoms with Crippen LogP contribution in [0.1, 0.15) is 5.69 Å². The molecule has 0 aliphatic rings. The van der Waals surface area contributed by atoms with Crippen LogP contribution in [0.4, 0.5) is 16.3 Å². The number of hydrogen-bond donors (Lipinski definition) is 4. The molecule has 106 valence electrons. The second-order valence-corrected chi connectivity index (χ2v) is 4.55. The third-order valence-electron chi connectivity index (χ3n) is 3.10. The Kier molecular flexibility index (Phi) is 2.90. The van der Waals surface area contributed by atoms with Crippen LogP contribution in [0.25, 0.3) is 22.0 Å². The number of nitrogens with zero attached hydrogens (tertiary/aromatic N) is 3. The number of hydrogen-bond acceptors (Lipinski definition) is 5. The number of rotatable bonds is 2. The number of aromatic amines is 1. The first-order valence-electron chi connectivity index (χ1n) is 6.12. The second-order valence-electron chi connectivity index (χ2n) is 4.55. The molecule has 0 saturated carbocycles. The van der Waals surface area contributed by atoms with Gasteiger partial charge in [0, 0.05) is 17.1 Å². The lowest BCUT2D eigenvalue weighted by molar-refractivity contribution is 0.209. The highest BCUT2D eigenvalue weighted by molar-refractivity contribution is 5.95. The van der Waals surface area contributed by atoms with Crippen molar-refractivity contribution < 1.29 is 9.90 Å². The number of anilines is 2. The molecule has 1 aromatic carbocycles. The van der Waals surface area contributed by atoms with E-state index in [2.05, 4.69) is 25.7 Å². The van der Waals surface area contributed by atoms with Gasteiger partial charge >= 0.3 is 6.09 Å². The van der Waals surface area contributed by atoms with Gasteiger partial charge in [0.25, 0.3) is 0 Å². The smallest absolute Gasteiger partial charge is 0.410 e. The summed E-state index contributed by atoms with van der Waals surface area (Å²) in [5.41, 5.74) is 9.64. The third kappa shape index (κ3) is 2.34. The van der Waals surface area contributed by atoms with Crippen LogP contribution in [-0.2, 0) is 0 Å². The number of fused-ring (bicyclic) bond motifs is 1. The lowest BCUT2D eigenvalue weighted by Gasteiger charge is -2.07. The highest BCUT2D eigenvalue weighted by Crippen LogP contribution is 2.29. The predicted molar refractivity (Wildman–Crippen MR) is 77.9 cm³/mol. The number of H-pyrrole nitrogens is 1.